The fraction of sp³-hybridized carbons (Fsp3) is 0.917. The molecule has 2 atom stereocenters. The largest absolute Gasteiger partial charge is 0.379 e. The van der Waals surface area contributed by atoms with E-state index in [9.17, 15) is 4.79 Å². The summed E-state index contributed by atoms with van der Waals surface area (Å²) >= 11 is 0. The molecule has 17 heavy (non-hydrogen) atoms. The van der Waals surface area contributed by atoms with Gasteiger partial charge in [0, 0.05) is 19.4 Å². The van der Waals surface area contributed by atoms with Gasteiger partial charge < -0.3 is 15.0 Å². The molecule has 1 spiro atoms. The Morgan fingerprint density at radius 2 is 2.06 bits per heavy atom. The molecule has 3 rings (SSSR count). The van der Waals surface area contributed by atoms with Crippen molar-refractivity contribution in [3.8, 4) is 0 Å². The van der Waals surface area contributed by atoms with Gasteiger partial charge in [-0.3, -0.25) is 4.79 Å². The molecule has 3 saturated heterocycles. The maximum atomic E-state index is 11.7. The minimum Gasteiger partial charge on any atom is -0.379 e. The molecule has 0 radical (unpaired) electrons. The van der Waals surface area contributed by atoms with Gasteiger partial charge in [0.25, 0.3) is 0 Å². The number of rotatable bonds is 0. The standard InChI is InChI=1S/C12H20N2O2.ClH/c1-9(15)14-8-12(2-4-13-5-3-12)10-6-16-7-11(10)14;/h10-11,13H,2-8H2,1H3;1H/t10-,11+;/m1./s1. The number of nitrogens with zero attached hydrogens (tertiary/aromatic N) is 1. The van der Waals surface area contributed by atoms with Crippen molar-refractivity contribution in [3.05, 3.63) is 0 Å². The molecule has 0 bridgehead atoms. The highest BCUT2D eigenvalue weighted by Gasteiger charge is 2.55. The van der Waals surface area contributed by atoms with Crippen molar-refractivity contribution in [1.82, 2.24) is 10.2 Å². The van der Waals surface area contributed by atoms with Crippen LogP contribution < -0.4 is 5.32 Å². The van der Waals surface area contributed by atoms with E-state index >= 15 is 0 Å². The number of hydrogen-bond acceptors (Lipinski definition) is 3. The van der Waals surface area contributed by atoms with Crippen LogP contribution in [-0.2, 0) is 9.53 Å². The number of halogens is 1. The van der Waals surface area contributed by atoms with Crippen molar-refractivity contribution in [2.75, 3.05) is 32.8 Å². The molecule has 3 fully saturated rings. The second kappa shape index (κ2) is 4.75. The van der Waals surface area contributed by atoms with Crippen LogP contribution >= 0.6 is 12.4 Å². The molecule has 4 nitrogen and oxygen atoms in total. The lowest BCUT2D eigenvalue weighted by atomic mass is 9.70. The Morgan fingerprint density at radius 3 is 2.71 bits per heavy atom. The van der Waals surface area contributed by atoms with Gasteiger partial charge in [0.15, 0.2) is 0 Å². The molecular weight excluding hydrogens is 240 g/mol. The summed E-state index contributed by atoms with van der Waals surface area (Å²) in [6, 6.07) is 0.357. The SMILES string of the molecule is CC(=O)N1CC2(CCNCC2)[C@@H]2COC[C@@H]21.Cl. The van der Waals surface area contributed by atoms with Crippen molar-refractivity contribution in [3.63, 3.8) is 0 Å². The average molecular weight is 261 g/mol. The minimum atomic E-state index is 0. The fourth-order valence-corrected chi connectivity index (χ4v) is 3.81. The van der Waals surface area contributed by atoms with Crippen LogP contribution in [0.15, 0.2) is 0 Å². The third-order valence-corrected chi connectivity index (χ3v) is 4.73. The Labute approximate surface area is 108 Å². The smallest absolute Gasteiger partial charge is 0.219 e. The number of fused-ring (bicyclic) bond motifs is 2. The summed E-state index contributed by atoms with van der Waals surface area (Å²) in [5.74, 6) is 0.800. The molecular formula is C12H21ClN2O2. The first-order valence-electron chi connectivity index (χ1n) is 6.29. The zero-order valence-electron chi connectivity index (χ0n) is 10.3. The van der Waals surface area contributed by atoms with E-state index in [0.717, 1.165) is 32.8 Å². The number of ether oxygens (including phenoxy) is 1. The lowest BCUT2D eigenvalue weighted by Gasteiger charge is -2.37. The van der Waals surface area contributed by atoms with Crippen molar-refractivity contribution in [1.29, 1.82) is 0 Å². The summed E-state index contributed by atoms with van der Waals surface area (Å²) < 4.78 is 5.61. The van der Waals surface area contributed by atoms with Gasteiger partial charge in [-0.2, -0.15) is 0 Å². The monoisotopic (exact) mass is 260 g/mol. The van der Waals surface area contributed by atoms with E-state index in [1.165, 1.54) is 12.8 Å². The van der Waals surface area contributed by atoms with E-state index in [1.807, 2.05) is 0 Å². The molecule has 1 amide bonds. The number of amides is 1. The van der Waals surface area contributed by atoms with Crippen LogP contribution in [0.1, 0.15) is 19.8 Å². The van der Waals surface area contributed by atoms with Crippen LogP contribution in [0, 0.1) is 11.3 Å². The first-order chi connectivity index (χ1) is 7.73. The lowest BCUT2D eigenvalue weighted by Crippen LogP contribution is -2.43. The van der Waals surface area contributed by atoms with Crippen LogP contribution in [-0.4, -0.2) is 49.7 Å². The number of carbonyl (C=O) groups excluding carboxylic acids is 1. The molecule has 0 saturated carbocycles. The summed E-state index contributed by atoms with van der Waals surface area (Å²) in [6.07, 6.45) is 2.39. The van der Waals surface area contributed by atoms with Crippen LogP contribution in [0.2, 0.25) is 0 Å². The van der Waals surface area contributed by atoms with E-state index in [0.29, 0.717) is 17.4 Å². The lowest BCUT2D eigenvalue weighted by molar-refractivity contribution is -0.130. The second-order valence-corrected chi connectivity index (χ2v) is 5.47. The van der Waals surface area contributed by atoms with E-state index in [4.69, 9.17) is 4.74 Å². The van der Waals surface area contributed by atoms with Crippen LogP contribution in [0.25, 0.3) is 0 Å². The van der Waals surface area contributed by atoms with Crippen LogP contribution in [0.4, 0.5) is 0 Å². The molecule has 0 aromatic heterocycles. The summed E-state index contributed by atoms with van der Waals surface area (Å²) in [5, 5.41) is 3.42. The number of hydrogen-bond donors (Lipinski definition) is 1. The number of likely N-dealkylation sites (tertiary alicyclic amines) is 1. The predicted molar refractivity (Wildman–Crippen MR) is 67.3 cm³/mol. The number of carbonyl (C=O) groups is 1. The predicted octanol–water partition coefficient (Wildman–Crippen LogP) is 0.655. The Morgan fingerprint density at radius 1 is 1.35 bits per heavy atom. The molecule has 5 heteroatoms. The maximum absolute atomic E-state index is 11.7. The quantitative estimate of drug-likeness (QED) is 0.696. The van der Waals surface area contributed by atoms with Gasteiger partial charge in [-0.15, -0.1) is 12.4 Å². The number of nitrogens with one attached hydrogen (secondary N) is 1. The van der Waals surface area contributed by atoms with Crippen LogP contribution in [0.5, 0.6) is 0 Å². The van der Waals surface area contributed by atoms with Crippen molar-refractivity contribution >= 4 is 18.3 Å². The summed E-state index contributed by atoms with van der Waals surface area (Å²) in [6.45, 7) is 6.44. The van der Waals surface area contributed by atoms with Gasteiger partial charge in [-0.25, -0.2) is 0 Å². The summed E-state index contributed by atoms with van der Waals surface area (Å²) in [7, 11) is 0. The van der Waals surface area contributed by atoms with Gasteiger partial charge in [0.1, 0.15) is 0 Å². The molecule has 0 aliphatic carbocycles. The van der Waals surface area contributed by atoms with Gasteiger partial charge >= 0.3 is 0 Å². The molecule has 3 heterocycles. The molecule has 1 N–H and O–H groups in total. The Hall–Kier alpha value is -0.320. The average Bonchev–Trinajstić information content (AvgIpc) is 2.84. The number of piperidine rings is 1. The third-order valence-electron chi connectivity index (χ3n) is 4.73. The van der Waals surface area contributed by atoms with E-state index in [1.54, 1.807) is 6.92 Å². The summed E-state index contributed by atoms with van der Waals surface area (Å²) in [4.78, 5) is 13.7. The highest BCUT2D eigenvalue weighted by Crippen LogP contribution is 2.49. The zero-order valence-corrected chi connectivity index (χ0v) is 11.1. The molecule has 3 aliphatic rings. The molecule has 3 aliphatic heterocycles. The summed E-state index contributed by atoms with van der Waals surface area (Å²) in [5.41, 5.74) is 0.345. The molecule has 0 unspecified atom stereocenters. The van der Waals surface area contributed by atoms with E-state index < -0.39 is 0 Å². The Kier molecular flexibility index (Phi) is 3.66. The highest BCUT2D eigenvalue weighted by atomic mass is 35.5. The molecule has 0 aromatic carbocycles. The van der Waals surface area contributed by atoms with Crippen molar-refractivity contribution in [2.24, 2.45) is 11.3 Å². The van der Waals surface area contributed by atoms with Gasteiger partial charge in [0.05, 0.1) is 19.3 Å². The normalized spacial score (nSPS) is 34.5. The van der Waals surface area contributed by atoms with Crippen molar-refractivity contribution in [2.45, 2.75) is 25.8 Å². The molecule has 0 aromatic rings. The van der Waals surface area contributed by atoms with Gasteiger partial charge in [-0.1, -0.05) is 0 Å². The molecule has 98 valence electrons. The van der Waals surface area contributed by atoms with Crippen molar-refractivity contribution < 1.29 is 9.53 Å². The van der Waals surface area contributed by atoms with Gasteiger partial charge in [0.2, 0.25) is 5.91 Å². The Balaban J connectivity index is 0.00000108. The maximum Gasteiger partial charge on any atom is 0.219 e. The van der Waals surface area contributed by atoms with E-state index in [2.05, 4.69) is 10.2 Å². The topological polar surface area (TPSA) is 41.6 Å². The minimum absolute atomic E-state index is 0. The second-order valence-electron chi connectivity index (χ2n) is 5.47. The van der Waals surface area contributed by atoms with Crippen LogP contribution in [0.3, 0.4) is 0 Å². The first-order valence-corrected chi connectivity index (χ1v) is 6.29. The van der Waals surface area contributed by atoms with E-state index in [-0.39, 0.29) is 18.3 Å². The Bertz CT molecular complexity index is 305. The zero-order chi connectivity index (χ0) is 11.2. The third kappa shape index (κ3) is 1.96. The fourth-order valence-electron chi connectivity index (χ4n) is 3.81. The van der Waals surface area contributed by atoms with Gasteiger partial charge in [-0.05, 0) is 31.3 Å². The highest BCUT2D eigenvalue weighted by molar-refractivity contribution is 5.85. The first kappa shape index (κ1) is 13.1.